The van der Waals surface area contributed by atoms with Crippen LogP contribution in [0, 0.1) is 5.82 Å². The molecular weight excluding hydrogens is 540 g/mol. The molecule has 3 rings (SSSR count). The number of carbonyl (C=O) groups is 1. The summed E-state index contributed by atoms with van der Waals surface area (Å²) in [6, 6.07) is 8.21. The van der Waals surface area contributed by atoms with Gasteiger partial charge < -0.3 is 25.4 Å². The number of aryl methyl sites for hydroxylation is 1. The molecule has 0 spiro atoms. The zero-order valence-corrected chi connectivity index (χ0v) is 20.9. The fourth-order valence-electron chi connectivity index (χ4n) is 3.30. The summed E-state index contributed by atoms with van der Waals surface area (Å²) in [6.07, 6.45) is 2.70. The molecule has 3 aromatic rings. The molecule has 2 aromatic carbocycles. The Hall–Kier alpha value is -2.86. The lowest BCUT2D eigenvalue weighted by molar-refractivity contribution is 0.262. The number of aromatic nitrogens is 2. The molecule has 8 nitrogen and oxygen atoms in total. The average Bonchev–Trinajstić information content (AvgIpc) is 3.14. The van der Waals surface area contributed by atoms with Crippen LogP contribution in [-0.4, -0.2) is 53.1 Å². The van der Waals surface area contributed by atoms with Crippen molar-refractivity contribution in [3.05, 3.63) is 54.0 Å². The summed E-state index contributed by atoms with van der Waals surface area (Å²) in [5, 5.41) is 19.5. The van der Waals surface area contributed by atoms with Crippen LogP contribution >= 0.6 is 22.6 Å². The maximum absolute atomic E-state index is 13.2. The lowest BCUT2D eigenvalue weighted by atomic mass is 10.1. The van der Waals surface area contributed by atoms with Crippen LogP contribution in [0.5, 0.6) is 11.5 Å². The van der Waals surface area contributed by atoms with E-state index in [1.807, 2.05) is 39.5 Å². The largest absolute Gasteiger partial charge is 0.506 e. The van der Waals surface area contributed by atoms with Crippen LogP contribution in [0.25, 0.3) is 11.3 Å². The van der Waals surface area contributed by atoms with Gasteiger partial charge in [-0.3, -0.25) is 4.68 Å². The quantitative estimate of drug-likeness (QED) is 0.149. The number of urea groups is 1. The maximum Gasteiger partial charge on any atom is 0.323 e. The van der Waals surface area contributed by atoms with E-state index < -0.39 is 11.8 Å². The molecule has 0 aliphatic carbocycles. The summed E-state index contributed by atoms with van der Waals surface area (Å²) in [5.74, 6) is -0.244. The molecule has 3 N–H and O–H groups in total. The van der Waals surface area contributed by atoms with Crippen molar-refractivity contribution in [1.82, 2.24) is 14.7 Å². The number of nitrogens with one attached hydrogen (secondary N) is 2. The van der Waals surface area contributed by atoms with Crippen molar-refractivity contribution in [3.63, 3.8) is 0 Å². The van der Waals surface area contributed by atoms with Gasteiger partial charge in [-0.2, -0.15) is 5.10 Å². The Balaban J connectivity index is 1.84. The number of hydrogen-bond acceptors (Lipinski definition) is 5. The van der Waals surface area contributed by atoms with E-state index >= 15 is 0 Å². The molecule has 1 aromatic heterocycles. The number of phenols is 1. The van der Waals surface area contributed by atoms with Crippen LogP contribution in [0.15, 0.2) is 42.6 Å². The number of aromatic hydroxyl groups is 1. The molecule has 0 unspecified atom stereocenters. The number of benzene rings is 2. The standard InChI is InChI=1S/C23H27FIN5O3/c1-29(2)9-4-10-33-21-8-6-17(12-18(21)22-15(13-25)14-26-30(22)3)27-23(32)28-19-7-5-16(24)11-20(19)31/h5-8,11-12,14,31H,4,9-10,13H2,1-3H3,(H2,27,28,32). The summed E-state index contributed by atoms with van der Waals surface area (Å²) in [4.78, 5) is 14.6. The number of carbonyl (C=O) groups excluding carboxylic acids is 1. The summed E-state index contributed by atoms with van der Waals surface area (Å²) < 4.78 is 21.8. The molecule has 0 bridgehead atoms. The van der Waals surface area contributed by atoms with Gasteiger partial charge in [-0.15, -0.1) is 0 Å². The lowest BCUT2D eigenvalue weighted by Gasteiger charge is -2.16. The van der Waals surface area contributed by atoms with Crippen LogP contribution in [0.4, 0.5) is 20.6 Å². The van der Waals surface area contributed by atoms with Gasteiger partial charge in [0.2, 0.25) is 0 Å². The van der Waals surface area contributed by atoms with E-state index in [0.29, 0.717) is 18.0 Å². The highest BCUT2D eigenvalue weighted by Gasteiger charge is 2.17. The first-order valence-corrected chi connectivity index (χ1v) is 11.9. The monoisotopic (exact) mass is 567 g/mol. The Morgan fingerprint density at radius 3 is 2.73 bits per heavy atom. The minimum absolute atomic E-state index is 0.105. The molecule has 10 heteroatoms. The smallest absolute Gasteiger partial charge is 0.323 e. The Bertz CT molecular complexity index is 1120. The van der Waals surface area contributed by atoms with Crippen LogP contribution in [0.2, 0.25) is 0 Å². The van der Waals surface area contributed by atoms with E-state index in [9.17, 15) is 14.3 Å². The fourth-order valence-corrected chi connectivity index (χ4v) is 3.86. The first-order chi connectivity index (χ1) is 15.8. The van der Waals surface area contributed by atoms with Crippen molar-refractivity contribution in [2.24, 2.45) is 7.05 Å². The molecule has 0 aliphatic rings. The second-order valence-corrected chi connectivity index (χ2v) is 8.50. The van der Waals surface area contributed by atoms with E-state index in [1.165, 1.54) is 6.07 Å². The molecule has 0 atom stereocenters. The predicted octanol–water partition coefficient (Wildman–Crippen LogP) is 4.84. The highest BCUT2D eigenvalue weighted by molar-refractivity contribution is 14.1. The summed E-state index contributed by atoms with van der Waals surface area (Å²) in [5.41, 5.74) is 3.41. The minimum Gasteiger partial charge on any atom is -0.506 e. The van der Waals surface area contributed by atoms with E-state index in [1.54, 1.807) is 10.7 Å². The molecular formula is C23H27FIN5O3. The number of phenolic OH excluding ortho intramolecular Hbond substituents is 1. The van der Waals surface area contributed by atoms with Gasteiger partial charge in [-0.1, -0.05) is 22.6 Å². The SMILES string of the molecule is CN(C)CCCOc1ccc(NC(=O)Nc2ccc(F)cc2O)cc1-c1c(CI)cnn1C. The lowest BCUT2D eigenvalue weighted by Crippen LogP contribution is -2.19. The van der Waals surface area contributed by atoms with Gasteiger partial charge in [0.25, 0.3) is 0 Å². The van der Waals surface area contributed by atoms with Crippen molar-refractivity contribution in [1.29, 1.82) is 0 Å². The van der Waals surface area contributed by atoms with Crippen molar-refractivity contribution < 1.29 is 19.0 Å². The van der Waals surface area contributed by atoms with Gasteiger partial charge >= 0.3 is 6.03 Å². The Morgan fingerprint density at radius 2 is 2.03 bits per heavy atom. The second-order valence-electron chi connectivity index (χ2n) is 7.73. The van der Waals surface area contributed by atoms with E-state index in [4.69, 9.17) is 4.74 Å². The molecule has 1 heterocycles. The zero-order chi connectivity index (χ0) is 24.0. The van der Waals surface area contributed by atoms with Gasteiger partial charge in [0.05, 0.1) is 24.2 Å². The minimum atomic E-state index is -0.591. The summed E-state index contributed by atoms with van der Waals surface area (Å²) >= 11 is 2.29. The average molecular weight is 567 g/mol. The zero-order valence-electron chi connectivity index (χ0n) is 18.7. The Labute approximate surface area is 205 Å². The third-order valence-corrected chi connectivity index (χ3v) is 5.69. The predicted molar refractivity (Wildman–Crippen MR) is 136 cm³/mol. The number of halogens is 2. The topological polar surface area (TPSA) is 91.7 Å². The number of anilines is 2. The molecule has 0 saturated heterocycles. The molecule has 0 fully saturated rings. The van der Waals surface area contributed by atoms with E-state index in [0.717, 1.165) is 46.3 Å². The van der Waals surface area contributed by atoms with Crippen molar-refractivity contribution in [2.45, 2.75) is 10.8 Å². The van der Waals surface area contributed by atoms with Gasteiger partial charge in [0.15, 0.2) is 0 Å². The molecule has 2 amide bonds. The van der Waals surface area contributed by atoms with Crippen molar-refractivity contribution in [2.75, 3.05) is 37.9 Å². The Morgan fingerprint density at radius 1 is 1.24 bits per heavy atom. The fraction of sp³-hybridized carbons (Fsp3) is 0.304. The van der Waals surface area contributed by atoms with Crippen molar-refractivity contribution >= 4 is 40.0 Å². The number of rotatable bonds is 9. The van der Waals surface area contributed by atoms with Gasteiger partial charge in [0.1, 0.15) is 17.3 Å². The highest BCUT2D eigenvalue weighted by atomic mass is 127. The normalized spacial score (nSPS) is 11.0. The number of nitrogens with zero attached hydrogens (tertiary/aromatic N) is 3. The third kappa shape index (κ3) is 6.57. The molecule has 0 radical (unpaired) electrons. The first kappa shape index (κ1) is 24.8. The highest BCUT2D eigenvalue weighted by Crippen LogP contribution is 2.35. The molecule has 0 aliphatic heterocycles. The molecule has 33 heavy (non-hydrogen) atoms. The van der Waals surface area contributed by atoms with E-state index in [-0.39, 0.29) is 11.4 Å². The Kier molecular flexibility index (Phi) is 8.50. The molecule has 0 saturated carbocycles. The van der Waals surface area contributed by atoms with Gasteiger partial charge in [-0.05, 0) is 50.8 Å². The molecule has 176 valence electrons. The third-order valence-electron chi connectivity index (χ3n) is 4.87. The van der Waals surface area contributed by atoms with Crippen LogP contribution in [0.3, 0.4) is 0 Å². The van der Waals surface area contributed by atoms with Crippen LogP contribution in [-0.2, 0) is 11.5 Å². The first-order valence-electron chi connectivity index (χ1n) is 10.3. The van der Waals surface area contributed by atoms with E-state index in [2.05, 4.69) is 43.2 Å². The van der Waals surface area contributed by atoms with Crippen molar-refractivity contribution in [3.8, 4) is 22.8 Å². The second kappa shape index (κ2) is 11.3. The summed E-state index contributed by atoms with van der Waals surface area (Å²) in [7, 11) is 5.90. The number of hydrogen-bond donors (Lipinski definition) is 3. The number of ether oxygens (including phenoxy) is 1. The van der Waals surface area contributed by atoms with Crippen LogP contribution in [0.1, 0.15) is 12.0 Å². The number of amides is 2. The van der Waals surface area contributed by atoms with Crippen LogP contribution < -0.4 is 15.4 Å². The summed E-state index contributed by atoms with van der Waals surface area (Å²) in [6.45, 7) is 1.47. The number of alkyl halides is 1. The maximum atomic E-state index is 13.2. The van der Waals surface area contributed by atoms with Gasteiger partial charge in [-0.25, -0.2) is 9.18 Å². The van der Waals surface area contributed by atoms with Gasteiger partial charge in [0, 0.05) is 40.9 Å².